The molecule has 0 radical (unpaired) electrons. The highest BCUT2D eigenvalue weighted by molar-refractivity contribution is 9.10. The average molecular weight is 349 g/mol. The second-order valence-corrected chi connectivity index (χ2v) is 5.59. The number of halogens is 1. The summed E-state index contributed by atoms with van der Waals surface area (Å²) in [5, 5.41) is 18.5. The Kier molecular flexibility index (Phi) is 3.29. The third kappa shape index (κ3) is 2.23. The molecular weight excluding hydrogens is 336 g/mol. The summed E-state index contributed by atoms with van der Waals surface area (Å²) in [5.74, 6) is -1.02. The SMILES string of the molecule is Cc1nn(C)c(Cn2nc(C(=O)O)c3ccccc32)c1Br. The first-order chi connectivity index (χ1) is 9.99. The van der Waals surface area contributed by atoms with Gasteiger partial charge >= 0.3 is 5.97 Å². The number of rotatable bonds is 3. The molecule has 0 aliphatic rings. The van der Waals surface area contributed by atoms with Gasteiger partial charge in [-0.1, -0.05) is 18.2 Å². The number of carbonyl (C=O) groups is 1. The lowest BCUT2D eigenvalue weighted by molar-refractivity contribution is 0.0691. The lowest BCUT2D eigenvalue weighted by Crippen LogP contribution is -2.08. The Hall–Kier alpha value is -2.15. The fourth-order valence-electron chi connectivity index (χ4n) is 2.40. The van der Waals surface area contributed by atoms with E-state index in [1.165, 1.54) is 0 Å². The number of nitrogens with zero attached hydrogens (tertiary/aromatic N) is 4. The van der Waals surface area contributed by atoms with Crippen molar-refractivity contribution in [2.75, 3.05) is 0 Å². The molecular formula is C14H13BrN4O2. The molecule has 0 spiro atoms. The maximum atomic E-state index is 11.3. The first kappa shape index (κ1) is 13.8. The summed E-state index contributed by atoms with van der Waals surface area (Å²) >= 11 is 3.52. The smallest absolute Gasteiger partial charge is 0.357 e. The van der Waals surface area contributed by atoms with Crippen molar-refractivity contribution >= 4 is 32.8 Å². The molecule has 0 unspecified atom stereocenters. The minimum Gasteiger partial charge on any atom is -0.476 e. The van der Waals surface area contributed by atoms with E-state index in [9.17, 15) is 9.90 Å². The second kappa shape index (κ2) is 5.00. The number of hydrogen-bond acceptors (Lipinski definition) is 3. The average Bonchev–Trinajstić information content (AvgIpc) is 2.93. The van der Waals surface area contributed by atoms with Crippen LogP contribution < -0.4 is 0 Å². The lowest BCUT2D eigenvalue weighted by atomic mass is 10.2. The fourth-order valence-corrected chi connectivity index (χ4v) is 2.86. The Labute approximate surface area is 129 Å². The van der Waals surface area contributed by atoms with Crippen LogP contribution in [0.1, 0.15) is 21.9 Å². The van der Waals surface area contributed by atoms with Crippen molar-refractivity contribution in [3.05, 3.63) is 45.8 Å². The molecule has 2 heterocycles. The van der Waals surface area contributed by atoms with Gasteiger partial charge in [-0.25, -0.2) is 4.79 Å². The predicted molar refractivity (Wildman–Crippen MR) is 81.4 cm³/mol. The highest BCUT2D eigenvalue weighted by Gasteiger charge is 2.18. The van der Waals surface area contributed by atoms with Crippen molar-refractivity contribution in [2.45, 2.75) is 13.5 Å². The van der Waals surface area contributed by atoms with Gasteiger partial charge in [0.25, 0.3) is 0 Å². The largest absolute Gasteiger partial charge is 0.476 e. The summed E-state index contributed by atoms with van der Waals surface area (Å²) in [6, 6.07) is 7.32. The molecule has 1 N–H and O–H groups in total. The zero-order valence-corrected chi connectivity index (χ0v) is 13.1. The first-order valence-electron chi connectivity index (χ1n) is 6.36. The third-order valence-electron chi connectivity index (χ3n) is 3.42. The molecule has 3 rings (SSSR count). The number of benzene rings is 1. The quantitative estimate of drug-likeness (QED) is 0.789. The molecule has 1 aromatic carbocycles. The normalized spacial score (nSPS) is 11.2. The molecule has 3 aromatic rings. The van der Waals surface area contributed by atoms with E-state index in [4.69, 9.17) is 0 Å². The Morgan fingerprint density at radius 2 is 2.05 bits per heavy atom. The van der Waals surface area contributed by atoms with Crippen molar-refractivity contribution in [2.24, 2.45) is 7.05 Å². The zero-order valence-electron chi connectivity index (χ0n) is 11.5. The van der Waals surface area contributed by atoms with Crippen molar-refractivity contribution in [1.29, 1.82) is 0 Å². The molecule has 0 bridgehead atoms. The van der Waals surface area contributed by atoms with E-state index in [0.29, 0.717) is 11.9 Å². The number of aromatic carboxylic acids is 1. The first-order valence-corrected chi connectivity index (χ1v) is 7.15. The maximum absolute atomic E-state index is 11.3. The second-order valence-electron chi connectivity index (χ2n) is 4.80. The molecule has 6 nitrogen and oxygen atoms in total. The number of carboxylic acids is 1. The standard InChI is InChI=1S/C14H13BrN4O2/c1-8-12(15)11(18(2)16-8)7-19-10-6-4-3-5-9(10)13(17-19)14(20)21/h3-6H,7H2,1-2H3,(H,20,21). The maximum Gasteiger partial charge on any atom is 0.357 e. The molecule has 0 aliphatic heterocycles. The molecule has 2 aromatic heterocycles. The van der Waals surface area contributed by atoms with Gasteiger partial charge in [-0.15, -0.1) is 0 Å². The van der Waals surface area contributed by atoms with Gasteiger partial charge in [0.1, 0.15) is 0 Å². The van der Waals surface area contributed by atoms with E-state index in [0.717, 1.165) is 21.4 Å². The van der Waals surface area contributed by atoms with Crippen LogP contribution in [-0.2, 0) is 13.6 Å². The molecule has 7 heteroatoms. The minimum absolute atomic E-state index is 0.0700. The van der Waals surface area contributed by atoms with E-state index >= 15 is 0 Å². The van der Waals surface area contributed by atoms with Gasteiger partial charge in [0, 0.05) is 12.4 Å². The highest BCUT2D eigenvalue weighted by atomic mass is 79.9. The Morgan fingerprint density at radius 1 is 1.33 bits per heavy atom. The van der Waals surface area contributed by atoms with Crippen LogP contribution >= 0.6 is 15.9 Å². The summed E-state index contributed by atoms with van der Waals surface area (Å²) < 4.78 is 4.39. The van der Waals surface area contributed by atoms with Gasteiger partial charge in [-0.05, 0) is 28.9 Å². The van der Waals surface area contributed by atoms with E-state index in [-0.39, 0.29) is 5.69 Å². The molecule has 0 aliphatic carbocycles. The lowest BCUT2D eigenvalue weighted by Gasteiger charge is -2.05. The van der Waals surface area contributed by atoms with Crippen molar-refractivity contribution in [3.8, 4) is 0 Å². The number of para-hydroxylation sites is 1. The van der Waals surface area contributed by atoms with Crippen LogP contribution in [0.2, 0.25) is 0 Å². The van der Waals surface area contributed by atoms with Crippen LogP contribution in [-0.4, -0.2) is 30.6 Å². The summed E-state index contributed by atoms with van der Waals surface area (Å²) in [6.07, 6.45) is 0. The van der Waals surface area contributed by atoms with E-state index in [1.54, 1.807) is 15.4 Å². The van der Waals surface area contributed by atoms with Gasteiger partial charge in [-0.2, -0.15) is 10.2 Å². The minimum atomic E-state index is -1.02. The van der Waals surface area contributed by atoms with Gasteiger partial charge in [-0.3, -0.25) is 9.36 Å². The number of fused-ring (bicyclic) bond motifs is 1. The molecule has 108 valence electrons. The molecule has 0 fully saturated rings. The van der Waals surface area contributed by atoms with Crippen molar-refractivity contribution in [1.82, 2.24) is 19.6 Å². The topological polar surface area (TPSA) is 72.9 Å². The predicted octanol–water partition coefficient (Wildman–Crippen LogP) is 2.59. The van der Waals surface area contributed by atoms with E-state index in [2.05, 4.69) is 26.1 Å². The number of hydrogen-bond donors (Lipinski definition) is 1. The molecule has 0 saturated carbocycles. The van der Waals surface area contributed by atoms with Gasteiger partial charge < -0.3 is 5.11 Å². The van der Waals surface area contributed by atoms with E-state index < -0.39 is 5.97 Å². The van der Waals surface area contributed by atoms with Gasteiger partial charge in [0.2, 0.25) is 0 Å². The van der Waals surface area contributed by atoms with Crippen LogP contribution in [0.5, 0.6) is 0 Å². The monoisotopic (exact) mass is 348 g/mol. The fraction of sp³-hybridized carbons (Fsp3) is 0.214. The summed E-state index contributed by atoms with van der Waals surface area (Å²) in [4.78, 5) is 11.3. The van der Waals surface area contributed by atoms with Crippen LogP contribution in [0.3, 0.4) is 0 Å². The summed E-state index contributed by atoms with van der Waals surface area (Å²) in [6.45, 7) is 2.36. The zero-order chi connectivity index (χ0) is 15.1. The summed E-state index contributed by atoms with van der Waals surface area (Å²) in [5.41, 5.74) is 2.70. The Balaban J connectivity index is 2.15. The third-order valence-corrected chi connectivity index (χ3v) is 4.45. The number of aromatic nitrogens is 4. The highest BCUT2D eigenvalue weighted by Crippen LogP contribution is 2.24. The molecule has 0 saturated heterocycles. The van der Waals surface area contributed by atoms with Crippen molar-refractivity contribution in [3.63, 3.8) is 0 Å². The van der Waals surface area contributed by atoms with Gasteiger partial charge in [0.05, 0.1) is 27.9 Å². The number of aryl methyl sites for hydroxylation is 2. The van der Waals surface area contributed by atoms with Gasteiger partial charge in [0.15, 0.2) is 5.69 Å². The van der Waals surface area contributed by atoms with Crippen LogP contribution in [0.25, 0.3) is 10.9 Å². The molecule has 0 amide bonds. The van der Waals surface area contributed by atoms with Crippen LogP contribution in [0.4, 0.5) is 0 Å². The summed E-state index contributed by atoms with van der Waals surface area (Å²) in [7, 11) is 1.86. The molecule has 0 atom stereocenters. The van der Waals surface area contributed by atoms with Crippen LogP contribution in [0.15, 0.2) is 28.7 Å². The van der Waals surface area contributed by atoms with Crippen LogP contribution in [0, 0.1) is 6.92 Å². The van der Waals surface area contributed by atoms with Crippen molar-refractivity contribution < 1.29 is 9.90 Å². The van der Waals surface area contributed by atoms with E-state index in [1.807, 2.05) is 32.2 Å². The molecule has 21 heavy (non-hydrogen) atoms. The number of carboxylic acid groups (broad SMARTS) is 1. The Morgan fingerprint density at radius 3 is 2.67 bits per heavy atom. The Bertz CT molecular complexity index is 850.